The van der Waals surface area contributed by atoms with Gasteiger partial charge >= 0.3 is 0 Å². The van der Waals surface area contributed by atoms with Crippen LogP contribution in [0.3, 0.4) is 0 Å². The molecule has 8 heteroatoms. The molecular weight excluding hydrogens is 326 g/mol. The monoisotopic (exact) mass is 343 g/mol. The average molecular weight is 343 g/mol. The summed E-state index contributed by atoms with van der Waals surface area (Å²) in [6.07, 6.45) is 2.61. The van der Waals surface area contributed by atoms with E-state index in [0.29, 0.717) is 18.8 Å². The first-order valence-corrected chi connectivity index (χ1v) is 7.72. The molecule has 4 rings (SSSR count). The summed E-state index contributed by atoms with van der Waals surface area (Å²) >= 11 is 0. The van der Waals surface area contributed by atoms with Crippen molar-refractivity contribution < 1.29 is 24.5 Å². The van der Waals surface area contributed by atoms with Gasteiger partial charge in [-0.3, -0.25) is 4.79 Å². The van der Waals surface area contributed by atoms with Crippen LogP contribution in [-0.4, -0.2) is 57.8 Å². The number of fused-ring (bicyclic) bond motifs is 1. The van der Waals surface area contributed by atoms with Crippen molar-refractivity contribution in [3.05, 3.63) is 42.2 Å². The van der Waals surface area contributed by atoms with Gasteiger partial charge in [0.1, 0.15) is 24.1 Å². The Labute approximate surface area is 143 Å². The Morgan fingerprint density at radius 3 is 2.84 bits per heavy atom. The minimum atomic E-state index is -0.566. The number of carboxylic acid groups (broad SMARTS) is 1. The molecular formula is C17H17N3O5. The third kappa shape index (κ3) is 3.25. The molecule has 1 aromatic carbocycles. The van der Waals surface area contributed by atoms with Crippen LogP contribution in [0.1, 0.15) is 11.6 Å². The van der Waals surface area contributed by atoms with Crippen molar-refractivity contribution in [1.29, 1.82) is 5.26 Å². The number of aromatic nitrogens is 2. The summed E-state index contributed by atoms with van der Waals surface area (Å²) in [7, 11) is 0. The Kier molecular flexibility index (Phi) is 5.09. The van der Waals surface area contributed by atoms with E-state index in [0.717, 1.165) is 11.4 Å². The number of carbonyl (C=O) groups is 1. The summed E-state index contributed by atoms with van der Waals surface area (Å²) < 4.78 is 13.4. The van der Waals surface area contributed by atoms with Gasteiger partial charge in [-0.1, -0.05) is 12.1 Å². The maximum atomic E-state index is 9.86. The van der Waals surface area contributed by atoms with Gasteiger partial charge < -0.3 is 24.3 Å². The third-order valence-corrected chi connectivity index (χ3v) is 4.28. The van der Waals surface area contributed by atoms with Gasteiger partial charge in [0.05, 0.1) is 30.9 Å². The average Bonchev–Trinajstić information content (AvgIpc) is 3.33. The first-order chi connectivity index (χ1) is 12.2. The van der Waals surface area contributed by atoms with Crippen LogP contribution in [0.25, 0.3) is 11.4 Å². The summed E-state index contributed by atoms with van der Waals surface area (Å²) in [6.45, 7) is 0.535. The minimum Gasteiger partial charge on any atom is -0.483 e. The van der Waals surface area contributed by atoms with Crippen LogP contribution >= 0.6 is 0 Å². The third-order valence-electron chi connectivity index (χ3n) is 4.28. The Bertz CT molecular complexity index is 785. The topological polar surface area (TPSA) is 118 Å². The molecule has 1 aromatic heterocycles. The molecule has 2 N–H and O–H groups in total. The van der Waals surface area contributed by atoms with Gasteiger partial charge in [-0.25, -0.2) is 4.98 Å². The highest BCUT2D eigenvalue weighted by molar-refractivity contribution is 5.58. The van der Waals surface area contributed by atoms with Crippen molar-refractivity contribution in [1.82, 2.24) is 9.55 Å². The van der Waals surface area contributed by atoms with Gasteiger partial charge in [-0.2, -0.15) is 5.26 Å². The summed E-state index contributed by atoms with van der Waals surface area (Å²) in [5, 5.41) is 25.8. The molecule has 0 saturated carbocycles. The highest BCUT2D eigenvalue weighted by atomic mass is 16.6. The largest absolute Gasteiger partial charge is 0.483 e. The smallest absolute Gasteiger partial charge is 0.290 e. The predicted molar refractivity (Wildman–Crippen MR) is 85.6 cm³/mol. The molecule has 0 amide bonds. The second-order valence-electron chi connectivity index (χ2n) is 5.69. The molecule has 2 aromatic rings. The van der Waals surface area contributed by atoms with E-state index >= 15 is 0 Å². The van der Waals surface area contributed by atoms with Crippen LogP contribution in [0.5, 0.6) is 0 Å². The Morgan fingerprint density at radius 1 is 1.32 bits per heavy atom. The molecule has 0 aliphatic carbocycles. The number of benzene rings is 1. The van der Waals surface area contributed by atoms with Crippen LogP contribution in [0.15, 0.2) is 36.7 Å². The lowest BCUT2D eigenvalue weighted by atomic mass is 10.1. The normalized spacial score (nSPS) is 27.0. The first-order valence-electron chi connectivity index (χ1n) is 7.72. The molecule has 25 heavy (non-hydrogen) atoms. The van der Waals surface area contributed by atoms with E-state index in [2.05, 4.69) is 11.1 Å². The number of rotatable bonds is 2. The molecule has 2 aliphatic rings. The Hall–Kier alpha value is -2.73. The van der Waals surface area contributed by atoms with E-state index in [4.69, 9.17) is 24.6 Å². The number of nitrogens with zero attached hydrogens (tertiary/aromatic N) is 3. The van der Waals surface area contributed by atoms with Crippen LogP contribution in [0.4, 0.5) is 0 Å². The molecule has 2 fully saturated rings. The fraction of sp³-hybridized carbons (Fsp3) is 0.353. The maximum Gasteiger partial charge on any atom is 0.290 e. The summed E-state index contributed by atoms with van der Waals surface area (Å²) in [5.74, 6) is 0.774. The van der Waals surface area contributed by atoms with Crippen LogP contribution in [-0.2, 0) is 14.3 Å². The zero-order valence-electron chi connectivity index (χ0n) is 13.2. The molecule has 0 radical (unpaired) electrons. The van der Waals surface area contributed by atoms with Crippen molar-refractivity contribution in [3.63, 3.8) is 0 Å². The Balaban J connectivity index is 0.000000569. The van der Waals surface area contributed by atoms with E-state index in [1.807, 2.05) is 29.0 Å². The summed E-state index contributed by atoms with van der Waals surface area (Å²) in [4.78, 5) is 12.8. The standard InChI is InChI=1S/C16H15N3O3.CH2O2/c17-7-10-2-1-3-11(6-10)16-18-4-5-19(16)12-8-21-15-13(20)9-22-14(12)15;2-1-3/h1-6,12-15,20H,8-9H2;1H,(H,2,3)/t12-,13+,14+,15+;/m0./s1. The zero-order valence-corrected chi connectivity index (χ0v) is 13.2. The summed E-state index contributed by atoms with van der Waals surface area (Å²) in [5.41, 5.74) is 1.48. The quantitative estimate of drug-likeness (QED) is 0.775. The highest BCUT2D eigenvalue weighted by Gasteiger charge is 2.48. The minimum absolute atomic E-state index is 0.0228. The zero-order chi connectivity index (χ0) is 17.8. The maximum absolute atomic E-state index is 9.86. The number of nitriles is 1. The summed E-state index contributed by atoms with van der Waals surface area (Å²) in [6, 6.07) is 9.47. The molecule has 2 aliphatic heterocycles. The number of hydrogen-bond donors (Lipinski definition) is 2. The Morgan fingerprint density at radius 2 is 2.08 bits per heavy atom. The second kappa shape index (κ2) is 7.44. The lowest BCUT2D eigenvalue weighted by Gasteiger charge is -2.19. The fourth-order valence-electron chi connectivity index (χ4n) is 3.23. The molecule has 130 valence electrons. The van der Waals surface area contributed by atoms with Crippen molar-refractivity contribution in [2.24, 2.45) is 0 Å². The molecule has 0 bridgehead atoms. The number of hydrogen-bond acceptors (Lipinski definition) is 6. The van der Waals surface area contributed by atoms with Crippen LogP contribution < -0.4 is 0 Å². The van der Waals surface area contributed by atoms with Crippen molar-refractivity contribution >= 4 is 6.47 Å². The molecule has 2 saturated heterocycles. The van der Waals surface area contributed by atoms with Crippen LogP contribution in [0, 0.1) is 11.3 Å². The SMILES string of the molecule is N#Cc1cccc(-c2nccn2[C@H]2CO[C@H]3[C@@H]2OC[C@H]3O)c1.O=CO. The van der Waals surface area contributed by atoms with Crippen molar-refractivity contribution in [2.45, 2.75) is 24.4 Å². The lowest BCUT2D eigenvalue weighted by molar-refractivity contribution is -0.122. The molecule has 4 atom stereocenters. The van der Waals surface area contributed by atoms with E-state index in [-0.39, 0.29) is 24.7 Å². The van der Waals surface area contributed by atoms with E-state index in [1.54, 1.807) is 12.3 Å². The number of imidazole rings is 1. The van der Waals surface area contributed by atoms with Gasteiger partial charge in [0.25, 0.3) is 6.47 Å². The fourth-order valence-corrected chi connectivity index (χ4v) is 3.23. The highest BCUT2D eigenvalue weighted by Crippen LogP contribution is 2.36. The van der Waals surface area contributed by atoms with Crippen molar-refractivity contribution in [3.8, 4) is 17.5 Å². The lowest BCUT2D eigenvalue weighted by Crippen LogP contribution is -2.30. The van der Waals surface area contributed by atoms with Crippen molar-refractivity contribution in [2.75, 3.05) is 13.2 Å². The van der Waals surface area contributed by atoms with E-state index in [1.165, 1.54) is 0 Å². The second-order valence-corrected chi connectivity index (χ2v) is 5.69. The van der Waals surface area contributed by atoms with Gasteiger partial charge in [-0.05, 0) is 12.1 Å². The van der Waals surface area contributed by atoms with Gasteiger partial charge in [0.2, 0.25) is 0 Å². The number of aliphatic hydroxyl groups is 1. The molecule has 0 unspecified atom stereocenters. The predicted octanol–water partition coefficient (Wildman–Crippen LogP) is 0.822. The number of aliphatic hydroxyl groups excluding tert-OH is 1. The van der Waals surface area contributed by atoms with Crippen LogP contribution in [0.2, 0.25) is 0 Å². The van der Waals surface area contributed by atoms with E-state index in [9.17, 15) is 5.11 Å². The first kappa shape index (κ1) is 17.1. The molecule has 0 spiro atoms. The van der Waals surface area contributed by atoms with Gasteiger partial charge in [0, 0.05) is 18.0 Å². The molecule has 8 nitrogen and oxygen atoms in total. The van der Waals surface area contributed by atoms with Gasteiger partial charge in [0.15, 0.2) is 0 Å². The molecule has 3 heterocycles. The van der Waals surface area contributed by atoms with E-state index < -0.39 is 6.10 Å². The van der Waals surface area contributed by atoms with Gasteiger partial charge in [-0.15, -0.1) is 0 Å². The number of ether oxygens (including phenoxy) is 2.